The number of piperidine rings is 1. The minimum absolute atomic E-state index is 0.104. The molecule has 1 N–H and O–H groups in total. The van der Waals surface area contributed by atoms with Gasteiger partial charge in [-0.15, -0.1) is 0 Å². The Balaban J connectivity index is 1.80. The van der Waals surface area contributed by atoms with Crippen molar-refractivity contribution >= 4 is 5.78 Å². The molecule has 0 bridgehead atoms. The van der Waals surface area contributed by atoms with Gasteiger partial charge in [0.25, 0.3) is 0 Å². The highest BCUT2D eigenvalue weighted by Gasteiger charge is 2.17. The fraction of sp³-hybridized carbons (Fsp3) is 0.571. The van der Waals surface area contributed by atoms with Crippen LogP contribution < -0.4 is 5.32 Å². The van der Waals surface area contributed by atoms with E-state index in [2.05, 4.69) is 15.2 Å². The second-order valence-electron chi connectivity index (χ2n) is 5.03. The number of rotatable bonds is 5. The molecule has 1 aliphatic rings. The number of carbonyl (C=O) groups is 1. The zero-order chi connectivity index (χ0) is 12.8. The van der Waals surface area contributed by atoms with Crippen LogP contribution in [0.2, 0.25) is 0 Å². The van der Waals surface area contributed by atoms with Crippen LogP contribution in [-0.4, -0.2) is 48.9 Å². The quantitative estimate of drug-likeness (QED) is 0.794. The predicted molar refractivity (Wildman–Crippen MR) is 71.7 cm³/mol. The first kappa shape index (κ1) is 13.2. The minimum Gasteiger partial charge on any atom is -0.317 e. The van der Waals surface area contributed by atoms with Crippen LogP contribution in [0.15, 0.2) is 24.4 Å². The molecule has 1 fully saturated rings. The molecule has 98 valence electrons. The van der Waals surface area contributed by atoms with Gasteiger partial charge in [-0.3, -0.25) is 14.7 Å². The summed E-state index contributed by atoms with van der Waals surface area (Å²) in [5.41, 5.74) is 0.565. The normalized spacial score (nSPS) is 17.0. The van der Waals surface area contributed by atoms with Gasteiger partial charge in [0.2, 0.25) is 0 Å². The molecule has 0 unspecified atom stereocenters. The Kier molecular flexibility index (Phi) is 4.84. The number of ketones is 1. The van der Waals surface area contributed by atoms with E-state index in [0.29, 0.717) is 18.2 Å². The van der Waals surface area contributed by atoms with Crippen LogP contribution in [0.3, 0.4) is 0 Å². The van der Waals surface area contributed by atoms with Crippen LogP contribution in [0.4, 0.5) is 0 Å². The summed E-state index contributed by atoms with van der Waals surface area (Å²) in [5, 5.41) is 3.36. The second-order valence-corrected chi connectivity index (χ2v) is 5.03. The zero-order valence-corrected chi connectivity index (χ0v) is 10.9. The molecule has 0 spiro atoms. The smallest absolute Gasteiger partial charge is 0.195 e. The fourth-order valence-electron chi connectivity index (χ4n) is 2.42. The van der Waals surface area contributed by atoms with Crippen LogP contribution in [0.25, 0.3) is 0 Å². The van der Waals surface area contributed by atoms with Crippen LogP contribution in [0.5, 0.6) is 0 Å². The van der Waals surface area contributed by atoms with E-state index >= 15 is 0 Å². The van der Waals surface area contributed by atoms with Gasteiger partial charge >= 0.3 is 0 Å². The Morgan fingerprint density at radius 1 is 1.44 bits per heavy atom. The summed E-state index contributed by atoms with van der Waals surface area (Å²) in [7, 11) is 2.02. The van der Waals surface area contributed by atoms with Crippen LogP contribution >= 0.6 is 0 Å². The molecular weight excluding hydrogens is 226 g/mol. The van der Waals surface area contributed by atoms with Gasteiger partial charge in [-0.2, -0.15) is 0 Å². The summed E-state index contributed by atoms with van der Waals surface area (Å²) in [6, 6.07) is 5.46. The second kappa shape index (κ2) is 6.61. The number of likely N-dealkylation sites (N-methyl/N-ethyl adjacent to an activating group) is 1. The maximum atomic E-state index is 12.0. The van der Waals surface area contributed by atoms with Crippen molar-refractivity contribution < 1.29 is 4.79 Å². The Morgan fingerprint density at radius 3 is 2.89 bits per heavy atom. The van der Waals surface area contributed by atoms with Crippen molar-refractivity contribution in [3.05, 3.63) is 30.1 Å². The maximum absolute atomic E-state index is 12.0. The average Bonchev–Trinajstić information content (AvgIpc) is 2.40. The maximum Gasteiger partial charge on any atom is 0.195 e. The minimum atomic E-state index is 0.104. The third-order valence-electron chi connectivity index (χ3n) is 3.39. The largest absolute Gasteiger partial charge is 0.317 e. The molecule has 0 aliphatic carbocycles. The van der Waals surface area contributed by atoms with Gasteiger partial charge in [0, 0.05) is 12.7 Å². The van der Waals surface area contributed by atoms with Gasteiger partial charge in [0.15, 0.2) is 5.78 Å². The van der Waals surface area contributed by atoms with Crippen molar-refractivity contribution in [2.24, 2.45) is 5.92 Å². The molecule has 2 heterocycles. The van der Waals surface area contributed by atoms with Crippen LogP contribution in [0, 0.1) is 5.92 Å². The molecular formula is C14H21N3O. The molecule has 1 aliphatic heterocycles. The lowest BCUT2D eigenvalue weighted by molar-refractivity contribution is 0.0928. The molecule has 0 radical (unpaired) electrons. The molecule has 2 rings (SSSR count). The number of carbonyl (C=O) groups excluding carboxylic acids is 1. The lowest BCUT2D eigenvalue weighted by Gasteiger charge is -2.27. The first-order valence-corrected chi connectivity index (χ1v) is 6.59. The van der Waals surface area contributed by atoms with Gasteiger partial charge in [0.05, 0.1) is 6.54 Å². The molecule has 4 heteroatoms. The summed E-state index contributed by atoms with van der Waals surface area (Å²) in [4.78, 5) is 18.2. The van der Waals surface area contributed by atoms with Crippen LogP contribution in [-0.2, 0) is 0 Å². The molecule has 1 aromatic heterocycles. The lowest BCUT2D eigenvalue weighted by atomic mass is 9.97. The molecule has 4 nitrogen and oxygen atoms in total. The average molecular weight is 247 g/mol. The van der Waals surface area contributed by atoms with E-state index in [1.54, 1.807) is 12.3 Å². The summed E-state index contributed by atoms with van der Waals surface area (Å²) in [6.07, 6.45) is 4.09. The summed E-state index contributed by atoms with van der Waals surface area (Å²) >= 11 is 0. The van der Waals surface area contributed by atoms with Gasteiger partial charge in [-0.25, -0.2) is 0 Å². The summed E-state index contributed by atoms with van der Waals surface area (Å²) in [6.45, 7) is 3.67. The molecule has 0 amide bonds. The van der Waals surface area contributed by atoms with Gasteiger partial charge < -0.3 is 5.32 Å². The Hall–Kier alpha value is -1.26. The third kappa shape index (κ3) is 3.89. The van der Waals surface area contributed by atoms with Gasteiger partial charge in [-0.05, 0) is 51.0 Å². The molecule has 0 aromatic carbocycles. The summed E-state index contributed by atoms with van der Waals surface area (Å²) < 4.78 is 0. The van der Waals surface area contributed by atoms with E-state index in [0.717, 1.165) is 19.6 Å². The first-order valence-electron chi connectivity index (χ1n) is 6.59. The number of pyridine rings is 1. The van der Waals surface area contributed by atoms with E-state index < -0.39 is 0 Å². The standard InChI is InChI=1S/C14H21N3O/c1-17(10-12-5-8-15-9-6-12)11-14(18)13-4-2-3-7-16-13/h2-4,7,12,15H,5-6,8-11H2,1H3. The molecule has 0 atom stereocenters. The van der Waals surface area contributed by atoms with E-state index in [4.69, 9.17) is 0 Å². The van der Waals surface area contributed by atoms with E-state index in [1.165, 1.54) is 12.8 Å². The number of aromatic nitrogens is 1. The predicted octanol–water partition coefficient (Wildman–Crippen LogP) is 1.20. The first-order chi connectivity index (χ1) is 8.75. The highest BCUT2D eigenvalue weighted by Crippen LogP contribution is 2.12. The van der Waals surface area contributed by atoms with Crippen molar-refractivity contribution in [1.82, 2.24) is 15.2 Å². The highest BCUT2D eigenvalue weighted by molar-refractivity contribution is 5.95. The SMILES string of the molecule is CN(CC(=O)c1ccccn1)CC1CCNCC1. The third-order valence-corrected chi connectivity index (χ3v) is 3.39. The molecule has 1 saturated heterocycles. The van der Waals surface area contributed by atoms with Crippen molar-refractivity contribution in [2.75, 3.05) is 33.2 Å². The molecule has 1 aromatic rings. The number of nitrogens with zero attached hydrogens (tertiary/aromatic N) is 2. The van der Waals surface area contributed by atoms with Crippen molar-refractivity contribution in [3.63, 3.8) is 0 Å². The number of hydrogen-bond donors (Lipinski definition) is 1. The summed E-state index contributed by atoms with van der Waals surface area (Å²) in [5.74, 6) is 0.819. The van der Waals surface area contributed by atoms with Crippen molar-refractivity contribution in [2.45, 2.75) is 12.8 Å². The Bertz CT molecular complexity index is 374. The lowest BCUT2D eigenvalue weighted by Crippen LogP contribution is -2.36. The van der Waals surface area contributed by atoms with Crippen molar-refractivity contribution in [1.29, 1.82) is 0 Å². The zero-order valence-electron chi connectivity index (χ0n) is 10.9. The van der Waals surface area contributed by atoms with E-state index in [9.17, 15) is 4.79 Å². The molecule has 0 saturated carbocycles. The van der Waals surface area contributed by atoms with Gasteiger partial charge in [0.1, 0.15) is 5.69 Å². The van der Waals surface area contributed by atoms with Crippen molar-refractivity contribution in [3.8, 4) is 0 Å². The van der Waals surface area contributed by atoms with Gasteiger partial charge in [-0.1, -0.05) is 6.07 Å². The monoisotopic (exact) mass is 247 g/mol. The van der Waals surface area contributed by atoms with E-state index in [1.807, 2.05) is 19.2 Å². The number of Topliss-reactive ketones (excluding diaryl/α,β-unsaturated/α-hetero) is 1. The Morgan fingerprint density at radius 2 is 2.22 bits per heavy atom. The van der Waals surface area contributed by atoms with E-state index in [-0.39, 0.29) is 5.78 Å². The number of hydrogen-bond acceptors (Lipinski definition) is 4. The number of nitrogens with one attached hydrogen (secondary N) is 1. The topological polar surface area (TPSA) is 45.2 Å². The molecule has 18 heavy (non-hydrogen) atoms. The Labute approximate surface area is 108 Å². The highest BCUT2D eigenvalue weighted by atomic mass is 16.1. The fourth-order valence-corrected chi connectivity index (χ4v) is 2.42. The van der Waals surface area contributed by atoms with Crippen LogP contribution in [0.1, 0.15) is 23.3 Å².